The maximum Gasteiger partial charge on any atom is 0.246 e. The number of nitrogens with zero attached hydrogens (tertiary/aromatic N) is 3. The summed E-state index contributed by atoms with van der Waals surface area (Å²) in [6.07, 6.45) is 3.93. The van der Waals surface area contributed by atoms with Crippen LogP contribution in [-0.4, -0.2) is 20.8 Å². The van der Waals surface area contributed by atoms with Crippen LogP contribution in [0.15, 0.2) is 49.3 Å². The number of thiophene rings is 1. The molecule has 1 aliphatic rings. The largest absolute Gasteiger partial charge is 0.363 e. The van der Waals surface area contributed by atoms with E-state index in [0.717, 1.165) is 28.0 Å². The highest BCUT2D eigenvalue weighted by Crippen LogP contribution is 2.40. The van der Waals surface area contributed by atoms with Crippen molar-refractivity contribution in [2.45, 2.75) is 32.5 Å². The van der Waals surface area contributed by atoms with Crippen LogP contribution in [-0.2, 0) is 17.9 Å². The molecule has 0 saturated carbocycles. The molecule has 6 heteroatoms. The topological polar surface area (TPSA) is 58.1 Å². The fourth-order valence-electron chi connectivity index (χ4n) is 3.42. The molecule has 0 unspecified atom stereocenters. The number of fused-ring (bicyclic) bond motifs is 3. The van der Waals surface area contributed by atoms with Crippen molar-refractivity contribution < 1.29 is 4.79 Å². The van der Waals surface area contributed by atoms with Gasteiger partial charge in [-0.15, -0.1) is 11.3 Å². The van der Waals surface area contributed by atoms with Crippen molar-refractivity contribution in [3.63, 3.8) is 0 Å². The van der Waals surface area contributed by atoms with Gasteiger partial charge in [-0.05, 0) is 18.1 Å². The number of aromatic nitrogens is 2. The lowest BCUT2D eigenvalue weighted by Crippen LogP contribution is -2.22. The average molecular weight is 364 g/mol. The van der Waals surface area contributed by atoms with Gasteiger partial charge < -0.3 is 10.2 Å². The maximum absolute atomic E-state index is 12.0. The van der Waals surface area contributed by atoms with E-state index in [-0.39, 0.29) is 11.9 Å². The van der Waals surface area contributed by atoms with Gasteiger partial charge in [0.05, 0.1) is 18.0 Å². The van der Waals surface area contributed by atoms with E-state index in [4.69, 9.17) is 0 Å². The molecule has 2 aromatic heterocycles. The van der Waals surface area contributed by atoms with Crippen LogP contribution in [0.3, 0.4) is 0 Å². The number of hydrogen-bond donors (Lipinski definition) is 1. The lowest BCUT2D eigenvalue weighted by molar-refractivity contribution is -0.126. The molecule has 0 radical (unpaired) electrons. The van der Waals surface area contributed by atoms with Crippen molar-refractivity contribution >= 4 is 33.3 Å². The molecular weight excluding hydrogens is 344 g/mol. The summed E-state index contributed by atoms with van der Waals surface area (Å²) >= 11 is 1.64. The number of hydrogen-bond acceptors (Lipinski definition) is 5. The molecule has 0 bridgehead atoms. The minimum Gasteiger partial charge on any atom is -0.363 e. The Bertz CT molecular complexity index is 967. The molecule has 3 aromatic rings. The summed E-state index contributed by atoms with van der Waals surface area (Å²) in [5.74, 6) is 0.805. The second kappa shape index (κ2) is 6.88. The predicted octanol–water partition coefficient (Wildman–Crippen LogP) is 4.28. The number of anilines is 1. The predicted molar refractivity (Wildman–Crippen MR) is 105 cm³/mol. The number of carbonyl (C=O) groups excluding carboxylic acids is 1. The lowest BCUT2D eigenvalue weighted by atomic mass is 10.0. The quantitative estimate of drug-likeness (QED) is 0.687. The van der Waals surface area contributed by atoms with Crippen molar-refractivity contribution in [2.24, 2.45) is 0 Å². The van der Waals surface area contributed by atoms with Crippen LogP contribution < -0.4 is 5.32 Å². The summed E-state index contributed by atoms with van der Waals surface area (Å²) < 4.78 is 0. The fourth-order valence-corrected chi connectivity index (χ4v) is 4.58. The van der Waals surface area contributed by atoms with Gasteiger partial charge in [-0.1, -0.05) is 43.8 Å². The Labute approximate surface area is 156 Å². The maximum atomic E-state index is 12.0. The second-order valence-corrected chi connectivity index (χ2v) is 7.40. The van der Waals surface area contributed by atoms with Crippen LogP contribution in [0.5, 0.6) is 0 Å². The first-order valence-electron chi connectivity index (χ1n) is 8.69. The van der Waals surface area contributed by atoms with E-state index in [0.29, 0.717) is 13.1 Å². The van der Waals surface area contributed by atoms with Gasteiger partial charge in [-0.2, -0.15) is 0 Å². The average Bonchev–Trinajstić information content (AvgIpc) is 3.24. The fraction of sp³-hybridized carbons (Fsp3) is 0.250. The highest BCUT2D eigenvalue weighted by Gasteiger charge is 2.28. The van der Waals surface area contributed by atoms with Crippen LogP contribution in [0, 0.1) is 0 Å². The number of carbonyl (C=O) groups is 1. The van der Waals surface area contributed by atoms with Gasteiger partial charge in [0, 0.05) is 17.0 Å². The molecule has 1 aromatic carbocycles. The van der Waals surface area contributed by atoms with Crippen molar-refractivity contribution in [3.8, 4) is 0 Å². The Morgan fingerprint density at radius 2 is 2.15 bits per heavy atom. The van der Waals surface area contributed by atoms with Gasteiger partial charge in [0.1, 0.15) is 17.0 Å². The van der Waals surface area contributed by atoms with Crippen LogP contribution >= 0.6 is 11.3 Å². The van der Waals surface area contributed by atoms with Crippen LogP contribution in [0.4, 0.5) is 5.82 Å². The highest BCUT2D eigenvalue weighted by atomic mass is 32.1. The Hall–Kier alpha value is -2.73. The Morgan fingerprint density at radius 1 is 1.35 bits per heavy atom. The molecule has 1 N–H and O–H groups in total. The van der Waals surface area contributed by atoms with E-state index in [1.807, 2.05) is 6.07 Å². The number of benzene rings is 1. The monoisotopic (exact) mass is 364 g/mol. The molecule has 1 atom stereocenters. The summed E-state index contributed by atoms with van der Waals surface area (Å²) in [6.45, 7) is 6.96. The van der Waals surface area contributed by atoms with E-state index < -0.39 is 0 Å². The van der Waals surface area contributed by atoms with E-state index in [2.05, 4.69) is 53.1 Å². The first kappa shape index (κ1) is 16.7. The van der Waals surface area contributed by atoms with Crippen LogP contribution in [0.1, 0.15) is 35.4 Å². The molecule has 1 aliphatic heterocycles. The Balaban J connectivity index is 1.71. The molecule has 3 heterocycles. The zero-order valence-corrected chi connectivity index (χ0v) is 15.4. The summed E-state index contributed by atoms with van der Waals surface area (Å²) in [4.78, 5) is 24.9. The zero-order chi connectivity index (χ0) is 18.1. The molecule has 4 rings (SSSR count). The molecule has 0 fully saturated rings. The first-order valence-corrected chi connectivity index (χ1v) is 9.51. The van der Waals surface area contributed by atoms with Gasteiger partial charge in [0.25, 0.3) is 0 Å². The van der Waals surface area contributed by atoms with Crippen LogP contribution in [0.25, 0.3) is 10.2 Å². The van der Waals surface area contributed by atoms with Gasteiger partial charge in [-0.3, -0.25) is 4.79 Å². The zero-order valence-electron chi connectivity index (χ0n) is 14.6. The third-order valence-corrected chi connectivity index (χ3v) is 5.89. The van der Waals surface area contributed by atoms with Crippen molar-refractivity contribution in [2.75, 3.05) is 5.32 Å². The smallest absolute Gasteiger partial charge is 0.246 e. The lowest BCUT2D eigenvalue weighted by Gasteiger charge is -2.19. The first-order chi connectivity index (χ1) is 12.7. The van der Waals surface area contributed by atoms with Crippen molar-refractivity contribution in [3.05, 3.63) is 65.3 Å². The Morgan fingerprint density at radius 3 is 2.88 bits per heavy atom. The van der Waals surface area contributed by atoms with Crippen LogP contribution in [0.2, 0.25) is 0 Å². The van der Waals surface area contributed by atoms with E-state index in [9.17, 15) is 4.79 Å². The van der Waals surface area contributed by atoms with Gasteiger partial charge in [-0.25, -0.2) is 9.97 Å². The third-order valence-electron chi connectivity index (χ3n) is 4.76. The van der Waals surface area contributed by atoms with E-state index in [1.165, 1.54) is 16.5 Å². The second-order valence-electron chi connectivity index (χ2n) is 6.32. The molecule has 132 valence electrons. The molecule has 0 aliphatic carbocycles. The van der Waals surface area contributed by atoms with E-state index in [1.54, 1.807) is 22.6 Å². The summed E-state index contributed by atoms with van der Waals surface area (Å²) in [5, 5.41) is 4.64. The molecule has 1 amide bonds. The summed E-state index contributed by atoms with van der Waals surface area (Å²) in [7, 11) is 0. The Kier molecular flexibility index (Phi) is 4.42. The molecule has 5 nitrogen and oxygen atoms in total. The number of rotatable bonds is 5. The van der Waals surface area contributed by atoms with E-state index >= 15 is 0 Å². The molecule has 0 spiro atoms. The van der Waals surface area contributed by atoms with Gasteiger partial charge in [0.15, 0.2) is 0 Å². The molecule has 0 saturated heterocycles. The van der Waals surface area contributed by atoms with Crippen molar-refractivity contribution in [1.82, 2.24) is 14.9 Å². The molecular formula is C20H20N4OS. The highest BCUT2D eigenvalue weighted by molar-refractivity contribution is 7.19. The summed E-state index contributed by atoms with van der Waals surface area (Å²) in [6, 6.07) is 10.6. The minimum atomic E-state index is -0.0383. The number of amides is 1. The third kappa shape index (κ3) is 2.86. The van der Waals surface area contributed by atoms with Gasteiger partial charge >= 0.3 is 0 Å². The summed E-state index contributed by atoms with van der Waals surface area (Å²) in [5.41, 5.74) is 2.39. The van der Waals surface area contributed by atoms with Crippen molar-refractivity contribution in [1.29, 1.82) is 0 Å². The SMILES string of the molecule is C=CC(=O)N1Cc2sc3ncnc(N[C@H](CC)c4ccccc4)c3c2C1. The standard InChI is InChI=1S/C20H20N4OS/c1-3-15(13-8-6-5-7-9-13)23-19-18-14-10-24(17(25)4-2)11-16(14)26-20(18)22-12-21-19/h4-9,12,15H,2-3,10-11H2,1H3,(H,21,22,23)/t15-/m1/s1. The minimum absolute atomic E-state index is 0.0383. The number of nitrogens with one attached hydrogen (secondary N) is 1. The molecule has 26 heavy (non-hydrogen) atoms. The van der Waals surface area contributed by atoms with Gasteiger partial charge in [0.2, 0.25) is 5.91 Å². The normalized spacial score (nSPS) is 14.3.